The Kier molecular flexibility index (Phi) is 6.71. The predicted octanol–water partition coefficient (Wildman–Crippen LogP) is 2.86. The fourth-order valence-corrected chi connectivity index (χ4v) is 1.22. The highest BCUT2D eigenvalue weighted by Crippen LogP contribution is 2.18. The van der Waals surface area contributed by atoms with Gasteiger partial charge in [0, 0.05) is 18.6 Å². The summed E-state index contributed by atoms with van der Waals surface area (Å²) in [4.78, 5) is 21.2. The second-order valence-electron chi connectivity index (χ2n) is 4.76. The van der Waals surface area contributed by atoms with Crippen LogP contribution in [0, 0.1) is 0 Å². The molecule has 0 aliphatic carbocycles. The smallest absolute Gasteiger partial charge is 0.181 e. The molecular formula is C14H20O4. The lowest BCUT2D eigenvalue weighted by atomic mass is 10.0. The normalized spacial score (nSPS) is 16.6. The van der Waals surface area contributed by atoms with Gasteiger partial charge in [-0.15, -0.1) is 0 Å². The van der Waals surface area contributed by atoms with Crippen LogP contribution in [0.4, 0.5) is 0 Å². The third-order valence-corrected chi connectivity index (χ3v) is 1.91. The average Bonchev–Trinajstić information content (AvgIpc) is 2.14. The van der Waals surface area contributed by atoms with Crippen LogP contribution in [0.1, 0.15) is 34.1 Å². The van der Waals surface area contributed by atoms with Crippen molar-refractivity contribution >= 4 is 11.6 Å². The number of carbonyl (C=O) groups excluding carboxylic acids is 2. The Balaban J connectivity index is 0.000000321. The van der Waals surface area contributed by atoms with Crippen LogP contribution in [0.5, 0.6) is 0 Å². The molecule has 0 fully saturated rings. The van der Waals surface area contributed by atoms with Crippen LogP contribution >= 0.6 is 0 Å². The molecule has 0 amide bonds. The van der Waals surface area contributed by atoms with Crippen LogP contribution in [0.2, 0.25) is 0 Å². The van der Waals surface area contributed by atoms with Crippen molar-refractivity contribution in [3.63, 3.8) is 0 Å². The van der Waals surface area contributed by atoms with Crippen LogP contribution in [0.15, 0.2) is 36.3 Å². The quantitative estimate of drug-likeness (QED) is 0.606. The molecule has 18 heavy (non-hydrogen) atoms. The fraction of sp³-hybridized carbons (Fsp3) is 0.429. The second-order valence-corrected chi connectivity index (χ2v) is 4.76. The van der Waals surface area contributed by atoms with Gasteiger partial charge < -0.3 is 9.84 Å². The summed E-state index contributed by atoms with van der Waals surface area (Å²) in [5, 5.41) is 8.12. The van der Waals surface area contributed by atoms with Gasteiger partial charge in [-0.2, -0.15) is 0 Å². The van der Waals surface area contributed by atoms with Crippen LogP contribution in [0.3, 0.4) is 0 Å². The highest BCUT2D eigenvalue weighted by Gasteiger charge is 2.23. The first-order valence-electron chi connectivity index (χ1n) is 5.63. The molecule has 0 aromatic carbocycles. The first-order chi connectivity index (χ1) is 8.26. The zero-order chi connectivity index (χ0) is 14.2. The van der Waals surface area contributed by atoms with E-state index in [1.165, 1.54) is 18.4 Å². The first kappa shape index (κ1) is 16.2. The van der Waals surface area contributed by atoms with E-state index in [1.54, 1.807) is 0 Å². The molecule has 4 nitrogen and oxygen atoms in total. The van der Waals surface area contributed by atoms with Crippen molar-refractivity contribution in [1.82, 2.24) is 0 Å². The molecule has 100 valence electrons. The number of hydrogen-bond acceptors (Lipinski definition) is 4. The summed E-state index contributed by atoms with van der Waals surface area (Å²) in [7, 11) is 0. The average molecular weight is 252 g/mol. The van der Waals surface area contributed by atoms with Crippen molar-refractivity contribution in [3.05, 3.63) is 36.3 Å². The molecule has 0 saturated heterocycles. The van der Waals surface area contributed by atoms with Crippen molar-refractivity contribution in [1.29, 1.82) is 0 Å². The Labute approximate surface area is 108 Å². The van der Waals surface area contributed by atoms with Crippen molar-refractivity contribution in [3.8, 4) is 0 Å². The maximum absolute atomic E-state index is 10.7. The summed E-state index contributed by atoms with van der Waals surface area (Å²) in [5.74, 6) is -0.0382. The number of aliphatic hydroxyl groups excluding tert-OH is 1. The molecule has 0 radical (unpaired) electrons. The van der Waals surface area contributed by atoms with Crippen LogP contribution in [-0.4, -0.2) is 22.3 Å². The van der Waals surface area contributed by atoms with Crippen molar-refractivity contribution in [2.75, 3.05) is 0 Å². The third-order valence-electron chi connectivity index (χ3n) is 1.91. The first-order valence-corrected chi connectivity index (χ1v) is 5.63. The minimum absolute atomic E-state index is 0.145. The lowest BCUT2D eigenvalue weighted by Crippen LogP contribution is -2.28. The molecule has 4 heteroatoms. The SMILES string of the molecule is CC(C)=CC(=O)C=CO.CC1(C)CC(=O)C=CO1. The highest BCUT2D eigenvalue weighted by molar-refractivity contribution is 5.99. The molecule has 0 bridgehead atoms. The van der Waals surface area contributed by atoms with Gasteiger partial charge in [-0.25, -0.2) is 0 Å². The van der Waals surface area contributed by atoms with E-state index < -0.39 is 0 Å². The number of carbonyl (C=O) groups is 2. The van der Waals surface area contributed by atoms with E-state index in [2.05, 4.69) is 0 Å². The van der Waals surface area contributed by atoms with Crippen molar-refractivity contribution in [2.45, 2.75) is 39.7 Å². The van der Waals surface area contributed by atoms with E-state index in [0.717, 1.165) is 17.9 Å². The van der Waals surface area contributed by atoms with E-state index in [1.807, 2.05) is 27.7 Å². The number of allylic oxidation sites excluding steroid dienone is 4. The number of ketones is 2. The van der Waals surface area contributed by atoms with Gasteiger partial charge in [-0.05, 0) is 33.8 Å². The molecule has 1 N–H and O–H groups in total. The van der Waals surface area contributed by atoms with Gasteiger partial charge in [-0.3, -0.25) is 9.59 Å². The number of ether oxygens (including phenoxy) is 1. The summed E-state index contributed by atoms with van der Waals surface area (Å²) >= 11 is 0. The Morgan fingerprint density at radius 2 is 2.06 bits per heavy atom. The van der Waals surface area contributed by atoms with Gasteiger partial charge in [0.2, 0.25) is 0 Å². The zero-order valence-corrected chi connectivity index (χ0v) is 11.3. The lowest BCUT2D eigenvalue weighted by molar-refractivity contribution is -0.120. The molecule has 0 aromatic rings. The molecule has 1 heterocycles. The van der Waals surface area contributed by atoms with Crippen LogP contribution in [-0.2, 0) is 14.3 Å². The minimum atomic E-state index is -0.286. The third kappa shape index (κ3) is 8.33. The Morgan fingerprint density at radius 1 is 1.44 bits per heavy atom. The largest absolute Gasteiger partial charge is 0.515 e. The monoisotopic (exact) mass is 252 g/mol. The van der Waals surface area contributed by atoms with E-state index in [-0.39, 0.29) is 17.2 Å². The summed E-state index contributed by atoms with van der Waals surface area (Å²) < 4.78 is 5.13. The Hall–Kier alpha value is -1.84. The molecule has 0 aromatic heterocycles. The predicted molar refractivity (Wildman–Crippen MR) is 70.1 cm³/mol. The van der Waals surface area contributed by atoms with E-state index in [9.17, 15) is 9.59 Å². The van der Waals surface area contributed by atoms with Gasteiger partial charge >= 0.3 is 0 Å². The number of aliphatic hydroxyl groups is 1. The maximum atomic E-state index is 10.7. The highest BCUT2D eigenvalue weighted by atomic mass is 16.5. The minimum Gasteiger partial charge on any atom is -0.515 e. The van der Waals surface area contributed by atoms with Gasteiger partial charge in [-0.1, -0.05) is 5.57 Å². The number of hydrogen-bond donors (Lipinski definition) is 1. The molecule has 0 atom stereocenters. The van der Waals surface area contributed by atoms with Crippen molar-refractivity contribution in [2.24, 2.45) is 0 Å². The molecular weight excluding hydrogens is 232 g/mol. The molecule has 0 unspecified atom stereocenters. The second kappa shape index (κ2) is 7.48. The molecule has 0 spiro atoms. The molecule has 0 saturated carbocycles. The lowest BCUT2D eigenvalue weighted by Gasteiger charge is -2.25. The summed E-state index contributed by atoms with van der Waals surface area (Å²) in [6.45, 7) is 7.44. The van der Waals surface area contributed by atoms with Gasteiger partial charge in [0.1, 0.15) is 5.60 Å². The standard InChI is InChI=1S/2C7H10O2/c1-7(2)5-6(8)3-4-9-7;1-6(2)5-7(9)3-4-8/h3-4H,5H2,1-2H3;3-5,8H,1-2H3. The van der Waals surface area contributed by atoms with Gasteiger partial charge in [0.25, 0.3) is 0 Å². The van der Waals surface area contributed by atoms with E-state index >= 15 is 0 Å². The zero-order valence-electron chi connectivity index (χ0n) is 11.3. The molecule has 1 aliphatic heterocycles. The summed E-state index contributed by atoms with van der Waals surface area (Å²) in [6.07, 6.45) is 6.71. The summed E-state index contributed by atoms with van der Waals surface area (Å²) in [6, 6.07) is 0. The summed E-state index contributed by atoms with van der Waals surface area (Å²) in [5.41, 5.74) is 0.643. The van der Waals surface area contributed by atoms with Gasteiger partial charge in [0.05, 0.1) is 12.5 Å². The van der Waals surface area contributed by atoms with E-state index in [0.29, 0.717) is 6.42 Å². The van der Waals surface area contributed by atoms with Crippen LogP contribution < -0.4 is 0 Å². The maximum Gasteiger partial charge on any atom is 0.181 e. The van der Waals surface area contributed by atoms with E-state index in [4.69, 9.17) is 9.84 Å². The van der Waals surface area contributed by atoms with Gasteiger partial charge in [0.15, 0.2) is 11.6 Å². The Bertz CT molecular complexity index is 383. The fourth-order valence-electron chi connectivity index (χ4n) is 1.22. The van der Waals surface area contributed by atoms with Crippen LogP contribution in [0.25, 0.3) is 0 Å². The van der Waals surface area contributed by atoms with Crippen molar-refractivity contribution < 1.29 is 19.4 Å². The molecule has 1 aliphatic rings. The number of rotatable bonds is 2. The molecule has 1 rings (SSSR count). The topological polar surface area (TPSA) is 63.6 Å². The Morgan fingerprint density at radius 3 is 2.39 bits per heavy atom.